The average Bonchev–Trinajstić information content (AvgIpc) is 3.02. The lowest BCUT2D eigenvalue weighted by atomic mass is 10.1. The highest BCUT2D eigenvalue weighted by Gasteiger charge is 2.21. The van der Waals surface area contributed by atoms with E-state index >= 15 is 0 Å². The summed E-state index contributed by atoms with van der Waals surface area (Å²) in [7, 11) is 0. The van der Waals surface area contributed by atoms with E-state index < -0.39 is 18.0 Å². The fourth-order valence-corrected chi connectivity index (χ4v) is 5.06. The molecule has 0 spiro atoms. The van der Waals surface area contributed by atoms with E-state index in [1.807, 2.05) is 0 Å². The molecule has 0 aliphatic rings. The van der Waals surface area contributed by atoms with Crippen molar-refractivity contribution in [2.75, 3.05) is 26.2 Å². The fourth-order valence-electron chi connectivity index (χ4n) is 5.06. The van der Waals surface area contributed by atoms with E-state index in [-0.39, 0.29) is 43.4 Å². The zero-order chi connectivity index (χ0) is 33.4. The van der Waals surface area contributed by atoms with Gasteiger partial charge >= 0.3 is 12.0 Å². The van der Waals surface area contributed by atoms with Crippen LogP contribution in [-0.2, 0) is 19.1 Å². The normalized spacial score (nSPS) is 11.4. The van der Waals surface area contributed by atoms with Gasteiger partial charge in [0.25, 0.3) is 0 Å². The molecule has 9 nitrogen and oxygen atoms in total. The largest absolute Gasteiger partial charge is 0.460 e. The zero-order valence-electron chi connectivity index (χ0n) is 29.2. The maximum absolute atomic E-state index is 12.9. The first-order chi connectivity index (χ1) is 21.8. The molecule has 0 aromatic carbocycles. The first kappa shape index (κ1) is 42.4. The van der Waals surface area contributed by atoms with Crippen molar-refractivity contribution in [3.63, 3.8) is 0 Å². The zero-order valence-corrected chi connectivity index (χ0v) is 29.2. The van der Waals surface area contributed by atoms with Gasteiger partial charge in [-0.05, 0) is 26.2 Å². The highest BCUT2D eigenvalue weighted by atomic mass is 16.5. The van der Waals surface area contributed by atoms with E-state index in [0.29, 0.717) is 13.1 Å². The number of esters is 1. The minimum atomic E-state index is -0.839. The Hall–Kier alpha value is -2.58. The lowest BCUT2D eigenvalue weighted by molar-refractivity contribution is -0.138. The topological polar surface area (TPSA) is 126 Å². The number of carbonyl (C=O) groups excluding carboxylic acids is 4. The minimum Gasteiger partial charge on any atom is -0.460 e. The molecular weight excluding hydrogens is 568 g/mol. The van der Waals surface area contributed by atoms with Crippen LogP contribution in [0.25, 0.3) is 0 Å². The summed E-state index contributed by atoms with van der Waals surface area (Å²) in [4.78, 5) is 49.4. The number of rotatable bonds is 31. The number of nitrogens with one attached hydrogen (secondary N) is 4. The molecule has 0 radical (unpaired) electrons. The number of amides is 4. The Kier molecular flexibility index (Phi) is 29.6. The molecule has 0 bridgehead atoms. The molecule has 0 unspecified atom stereocenters. The van der Waals surface area contributed by atoms with Crippen LogP contribution in [0.1, 0.15) is 162 Å². The van der Waals surface area contributed by atoms with Crippen molar-refractivity contribution in [3.05, 3.63) is 12.2 Å². The molecule has 1 atom stereocenters. The third-order valence-corrected chi connectivity index (χ3v) is 7.93. The summed E-state index contributed by atoms with van der Waals surface area (Å²) in [6.07, 6.45) is 24.9. The molecule has 0 saturated heterocycles. The molecular formula is C36H68N4O5. The van der Waals surface area contributed by atoms with Gasteiger partial charge in [-0.1, -0.05) is 136 Å². The second-order valence-corrected chi connectivity index (χ2v) is 12.4. The van der Waals surface area contributed by atoms with Crippen LogP contribution < -0.4 is 21.3 Å². The fraction of sp³-hybridized carbons (Fsp3) is 0.833. The van der Waals surface area contributed by atoms with Crippen molar-refractivity contribution >= 4 is 23.8 Å². The molecule has 0 fully saturated rings. The lowest BCUT2D eigenvalue weighted by Gasteiger charge is -2.19. The monoisotopic (exact) mass is 637 g/mol. The van der Waals surface area contributed by atoms with E-state index in [4.69, 9.17) is 4.74 Å². The van der Waals surface area contributed by atoms with Crippen LogP contribution in [0.5, 0.6) is 0 Å². The highest BCUT2D eigenvalue weighted by molar-refractivity contribution is 5.88. The average molecular weight is 637 g/mol. The third-order valence-electron chi connectivity index (χ3n) is 7.93. The smallest absolute Gasteiger partial charge is 0.333 e. The second-order valence-electron chi connectivity index (χ2n) is 12.4. The van der Waals surface area contributed by atoms with Gasteiger partial charge in [0.2, 0.25) is 11.8 Å². The molecule has 262 valence electrons. The van der Waals surface area contributed by atoms with E-state index in [1.54, 1.807) is 6.92 Å². The lowest BCUT2D eigenvalue weighted by Crippen LogP contribution is -2.51. The number of ether oxygens (including phenoxy) is 1. The summed E-state index contributed by atoms with van der Waals surface area (Å²) in [5, 5.41) is 11.2. The number of hydrogen-bond donors (Lipinski definition) is 4. The number of unbranched alkanes of at least 4 members (excludes halogenated alkanes) is 18. The van der Waals surface area contributed by atoms with Crippen LogP contribution in [0.4, 0.5) is 4.79 Å². The summed E-state index contributed by atoms with van der Waals surface area (Å²) in [5.74, 6) is -0.935. The summed E-state index contributed by atoms with van der Waals surface area (Å²) in [5.41, 5.74) is 0.282. The van der Waals surface area contributed by atoms with Gasteiger partial charge in [-0.25, -0.2) is 9.59 Å². The van der Waals surface area contributed by atoms with E-state index in [1.165, 1.54) is 96.3 Å². The number of hydrogen-bond acceptors (Lipinski definition) is 5. The van der Waals surface area contributed by atoms with Crippen molar-refractivity contribution < 1.29 is 23.9 Å². The quantitative estimate of drug-likeness (QED) is 0.0354. The van der Waals surface area contributed by atoms with Gasteiger partial charge in [0, 0.05) is 25.1 Å². The van der Waals surface area contributed by atoms with Gasteiger partial charge in [-0.15, -0.1) is 0 Å². The Balaban J connectivity index is 4.40. The van der Waals surface area contributed by atoms with Gasteiger partial charge in [0.05, 0.1) is 6.54 Å². The van der Waals surface area contributed by atoms with Crippen LogP contribution in [0.2, 0.25) is 0 Å². The van der Waals surface area contributed by atoms with Crippen LogP contribution >= 0.6 is 0 Å². The Morgan fingerprint density at radius 3 is 1.51 bits per heavy atom. The Bertz CT molecular complexity index is 789. The maximum atomic E-state index is 12.9. The standard InChI is InChI=1S/C36H68N4O5/c1-5-7-9-11-13-15-17-19-21-23-27-37-33(41)26-25-32(40-36(44)39-29-30-45-35(43)31(3)4)34(42)38-28-24-22-20-18-16-14-12-10-8-6-2/h32H,3,5-30H2,1-2,4H3,(H,37,41)(H,38,42)(H2,39,40,44)/t32-/m0/s1. The van der Waals surface area contributed by atoms with Gasteiger partial charge in [0.1, 0.15) is 12.6 Å². The maximum Gasteiger partial charge on any atom is 0.333 e. The first-order valence-electron chi connectivity index (χ1n) is 18.2. The summed E-state index contributed by atoms with van der Waals surface area (Å²) < 4.78 is 4.99. The Labute approximate surface area is 275 Å². The molecule has 4 N–H and O–H groups in total. The van der Waals surface area contributed by atoms with Crippen molar-refractivity contribution in [1.82, 2.24) is 21.3 Å². The van der Waals surface area contributed by atoms with Crippen LogP contribution in [0, 0.1) is 0 Å². The Morgan fingerprint density at radius 1 is 0.600 bits per heavy atom. The van der Waals surface area contributed by atoms with Crippen LogP contribution in [-0.4, -0.2) is 56.1 Å². The molecule has 0 aromatic heterocycles. The van der Waals surface area contributed by atoms with Crippen molar-refractivity contribution in [3.8, 4) is 0 Å². The first-order valence-corrected chi connectivity index (χ1v) is 18.2. The van der Waals surface area contributed by atoms with Gasteiger partial charge in [0.15, 0.2) is 0 Å². The molecule has 0 rings (SSSR count). The van der Waals surface area contributed by atoms with Crippen molar-refractivity contribution in [2.24, 2.45) is 0 Å². The molecule has 0 aliphatic carbocycles. The third kappa shape index (κ3) is 28.6. The highest BCUT2D eigenvalue weighted by Crippen LogP contribution is 2.11. The number of urea groups is 1. The second kappa shape index (κ2) is 31.4. The van der Waals surface area contributed by atoms with Crippen molar-refractivity contribution in [2.45, 2.75) is 168 Å². The molecule has 0 saturated carbocycles. The van der Waals surface area contributed by atoms with E-state index in [0.717, 1.165) is 32.1 Å². The Morgan fingerprint density at radius 2 is 1.04 bits per heavy atom. The molecule has 45 heavy (non-hydrogen) atoms. The molecule has 0 heterocycles. The molecule has 9 heteroatoms. The van der Waals surface area contributed by atoms with Gasteiger partial charge in [-0.2, -0.15) is 0 Å². The summed E-state index contributed by atoms with van der Waals surface area (Å²) >= 11 is 0. The van der Waals surface area contributed by atoms with Gasteiger partial charge in [-0.3, -0.25) is 9.59 Å². The minimum absolute atomic E-state index is 0.00389. The van der Waals surface area contributed by atoms with Crippen LogP contribution in [0.3, 0.4) is 0 Å². The summed E-state index contributed by atoms with van der Waals surface area (Å²) in [6.45, 7) is 10.8. The predicted octanol–water partition coefficient (Wildman–Crippen LogP) is 7.63. The van der Waals surface area contributed by atoms with Gasteiger partial charge < -0.3 is 26.0 Å². The molecule has 0 aromatic rings. The van der Waals surface area contributed by atoms with Crippen LogP contribution in [0.15, 0.2) is 12.2 Å². The summed E-state index contributed by atoms with van der Waals surface area (Å²) in [6, 6.07) is -1.39. The number of carbonyl (C=O) groups is 4. The van der Waals surface area contributed by atoms with E-state index in [9.17, 15) is 19.2 Å². The molecule has 4 amide bonds. The predicted molar refractivity (Wildman–Crippen MR) is 185 cm³/mol. The SMILES string of the molecule is C=C(C)C(=O)OCCNC(=O)N[C@@H](CCC(=O)NCCCCCCCCCCCC)C(=O)NCCCCCCCCCCCC. The van der Waals surface area contributed by atoms with E-state index in [2.05, 4.69) is 41.7 Å². The van der Waals surface area contributed by atoms with Crippen molar-refractivity contribution in [1.29, 1.82) is 0 Å². The molecule has 0 aliphatic heterocycles.